The van der Waals surface area contributed by atoms with Gasteiger partial charge in [0.15, 0.2) is 6.29 Å². The Morgan fingerprint density at radius 2 is 1.74 bits per heavy atom. The molecule has 23 heavy (non-hydrogen) atoms. The van der Waals surface area contributed by atoms with Crippen molar-refractivity contribution < 1.29 is 9.47 Å². The van der Waals surface area contributed by atoms with Gasteiger partial charge in [-0.1, -0.05) is 31.4 Å². The summed E-state index contributed by atoms with van der Waals surface area (Å²) in [4.78, 5) is 0. The first kappa shape index (κ1) is 15.0. The maximum Gasteiger partial charge on any atom is 0.155 e. The molecule has 0 saturated heterocycles. The van der Waals surface area contributed by atoms with Crippen LogP contribution in [0.3, 0.4) is 0 Å². The lowest BCUT2D eigenvalue weighted by molar-refractivity contribution is -0.239. The van der Waals surface area contributed by atoms with Crippen molar-refractivity contribution in [3.05, 3.63) is 12.2 Å². The van der Waals surface area contributed by atoms with Gasteiger partial charge in [-0.05, 0) is 81.5 Å². The van der Waals surface area contributed by atoms with E-state index < -0.39 is 0 Å². The fourth-order valence-electron chi connectivity index (χ4n) is 7.33. The van der Waals surface area contributed by atoms with Crippen LogP contribution < -0.4 is 0 Å². The van der Waals surface area contributed by atoms with Gasteiger partial charge >= 0.3 is 0 Å². The summed E-state index contributed by atoms with van der Waals surface area (Å²) < 4.78 is 12.9. The van der Waals surface area contributed by atoms with Crippen molar-refractivity contribution in [1.82, 2.24) is 0 Å². The Bertz CT molecular complexity index is 494. The molecule has 0 aromatic heterocycles. The molecule has 5 aliphatic carbocycles. The second-order valence-corrected chi connectivity index (χ2v) is 9.30. The Morgan fingerprint density at radius 1 is 1.00 bits per heavy atom. The summed E-state index contributed by atoms with van der Waals surface area (Å²) in [6.07, 6.45) is 16.1. The van der Waals surface area contributed by atoms with E-state index in [2.05, 4.69) is 26.0 Å². The van der Waals surface area contributed by atoms with Crippen LogP contribution in [-0.2, 0) is 9.47 Å². The summed E-state index contributed by atoms with van der Waals surface area (Å²) in [5.41, 5.74) is 0.0677. The van der Waals surface area contributed by atoms with Crippen LogP contribution in [0, 0.1) is 35.5 Å². The van der Waals surface area contributed by atoms with Gasteiger partial charge in [0.25, 0.3) is 0 Å². The molecule has 2 nitrogen and oxygen atoms in total. The van der Waals surface area contributed by atoms with E-state index in [1.54, 1.807) is 0 Å². The molecule has 5 rings (SSSR count). The molecule has 8 atom stereocenters. The molecule has 4 fully saturated rings. The highest BCUT2D eigenvalue weighted by Crippen LogP contribution is 2.68. The number of allylic oxidation sites excluding steroid dienone is 2. The summed E-state index contributed by atoms with van der Waals surface area (Å²) >= 11 is 0. The van der Waals surface area contributed by atoms with Gasteiger partial charge in [0.05, 0.1) is 11.7 Å². The lowest BCUT2D eigenvalue weighted by atomic mass is 9.68. The van der Waals surface area contributed by atoms with Crippen LogP contribution in [0.2, 0.25) is 0 Å². The Balaban J connectivity index is 1.25. The molecule has 0 aromatic carbocycles. The van der Waals surface area contributed by atoms with Crippen molar-refractivity contribution in [2.24, 2.45) is 35.5 Å². The third-order valence-corrected chi connectivity index (χ3v) is 7.97. The monoisotopic (exact) mass is 316 g/mol. The molecule has 0 N–H and O–H groups in total. The largest absolute Gasteiger partial charge is 0.350 e. The molecule has 0 radical (unpaired) electrons. The zero-order chi connectivity index (χ0) is 15.6. The van der Waals surface area contributed by atoms with Crippen LogP contribution in [0.1, 0.15) is 65.2 Å². The van der Waals surface area contributed by atoms with E-state index in [1.807, 2.05) is 0 Å². The Labute approximate surface area is 141 Å². The molecule has 4 saturated carbocycles. The number of hydrogen-bond donors (Lipinski definition) is 0. The number of rotatable bonds is 4. The smallest absolute Gasteiger partial charge is 0.155 e. The molecule has 4 bridgehead atoms. The topological polar surface area (TPSA) is 18.5 Å². The van der Waals surface area contributed by atoms with Gasteiger partial charge in [-0.2, -0.15) is 0 Å². The van der Waals surface area contributed by atoms with Gasteiger partial charge < -0.3 is 9.47 Å². The van der Waals surface area contributed by atoms with Crippen molar-refractivity contribution in [2.75, 3.05) is 0 Å². The third-order valence-electron chi connectivity index (χ3n) is 7.97. The number of hydrogen-bond acceptors (Lipinski definition) is 2. The van der Waals surface area contributed by atoms with Crippen molar-refractivity contribution in [3.8, 4) is 0 Å². The van der Waals surface area contributed by atoms with E-state index in [0.29, 0.717) is 6.10 Å². The van der Waals surface area contributed by atoms with Crippen molar-refractivity contribution in [1.29, 1.82) is 0 Å². The van der Waals surface area contributed by atoms with Crippen LogP contribution >= 0.6 is 0 Å². The van der Waals surface area contributed by atoms with Gasteiger partial charge in [0.2, 0.25) is 0 Å². The first-order valence-corrected chi connectivity index (χ1v) is 10.2. The van der Waals surface area contributed by atoms with Gasteiger partial charge in [-0.15, -0.1) is 0 Å². The van der Waals surface area contributed by atoms with E-state index in [-0.39, 0.29) is 11.9 Å². The molecule has 0 amide bonds. The second kappa shape index (κ2) is 5.33. The maximum atomic E-state index is 6.60. The van der Waals surface area contributed by atoms with Crippen LogP contribution in [0.25, 0.3) is 0 Å². The maximum absolute atomic E-state index is 6.60. The first-order chi connectivity index (χ1) is 11.1. The van der Waals surface area contributed by atoms with E-state index in [4.69, 9.17) is 9.47 Å². The molecular formula is C21H32O2. The standard InChI is InChI=1S/C21H32O2/c1-13(22-17-6-4-3-5-7-17)23-21(2)12-16-11-18(21)20-15-9-8-14(10-15)19(16)20/h8-9,13-20H,3-7,10-12H2,1-2H3. The molecule has 0 heterocycles. The fraction of sp³-hybridized carbons (Fsp3) is 0.905. The van der Waals surface area contributed by atoms with E-state index in [0.717, 1.165) is 35.5 Å². The highest BCUT2D eigenvalue weighted by atomic mass is 16.7. The highest BCUT2D eigenvalue weighted by molar-refractivity contribution is 5.23. The Hall–Kier alpha value is -0.340. The van der Waals surface area contributed by atoms with E-state index >= 15 is 0 Å². The average molecular weight is 316 g/mol. The Morgan fingerprint density at radius 3 is 2.52 bits per heavy atom. The summed E-state index contributed by atoms with van der Waals surface area (Å²) in [7, 11) is 0. The van der Waals surface area contributed by atoms with Gasteiger partial charge in [0.1, 0.15) is 0 Å². The Kier molecular flexibility index (Phi) is 3.46. The van der Waals surface area contributed by atoms with Crippen molar-refractivity contribution in [3.63, 3.8) is 0 Å². The van der Waals surface area contributed by atoms with Crippen molar-refractivity contribution >= 4 is 0 Å². The van der Waals surface area contributed by atoms with Gasteiger partial charge in [0, 0.05) is 0 Å². The quantitative estimate of drug-likeness (QED) is 0.416. The second-order valence-electron chi connectivity index (χ2n) is 9.30. The first-order valence-electron chi connectivity index (χ1n) is 10.2. The molecule has 2 heteroatoms. The SMILES string of the molecule is CC(OC1CCCCC1)OC1(C)CC2CC1C1C3C=CC(C3)C21. The molecule has 0 spiro atoms. The summed E-state index contributed by atoms with van der Waals surface area (Å²) in [5.74, 6) is 5.35. The minimum Gasteiger partial charge on any atom is -0.350 e. The average Bonchev–Trinajstić information content (AvgIpc) is 3.25. The summed E-state index contributed by atoms with van der Waals surface area (Å²) in [6, 6.07) is 0. The fourth-order valence-corrected chi connectivity index (χ4v) is 7.33. The molecule has 128 valence electrons. The predicted molar refractivity (Wildman–Crippen MR) is 90.8 cm³/mol. The predicted octanol–water partition coefficient (Wildman–Crippen LogP) is 4.94. The third kappa shape index (κ3) is 2.28. The molecule has 8 unspecified atom stereocenters. The zero-order valence-electron chi connectivity index (χ0n) is 14.7. The van der Waals surface area contributed by atoms with Crippen LogP contribution in [-0.4, -0.2) is 18.0 Å². The zero-order valence-corrected chi connectivity index (χ0v) is 14.7. The van der Waals surface area contributed by atoms with Gasteiger partial charge in [-0.3, -0.25) is 0 Å². The van der Waals surface area contributed by atoms with E-state index in [1.165, 1.54) is 51.4 Å². The number of fused-ring (bicyclic) bond motifs is 9. The number of ether oxygens (including phenoxy) is 2. The minimum absolute atomic E-state index is 0.0324. The minimum atomic E-state index is -0.0324. The summed E-state index contributed by atoms with van der Waals surface area (Å²) in [5, 5.41) is 0. The van der Waals surface area contributed by atoms with E-state index in [9.17, 15) is 0 Å². The van der Waals surface area contributed by atoms with Crippen LogP contribution in [0.15, 0.2) is 12.2 Å². The lowest BCUT2D eigenvalue weighted by Crippen LogP contribution is -2.46. The van der Waals surface area contributed by atoms with Gasteiger partial charge in [-0.25, -0.2) is 0 Å². The molecular weight excluding hydrogens is 284 g/mol. The lowest BCUT2D eigenvalue weighted by Gasteiger charge is -2.44. The molecule has 0 aliphatic heterocycles. The normalized spacial score (nSPS) is 52.3. The molecule has 5 aliphatic rings. The van der Waals surface area contributed by atoms with Crippen molar-refractivity contribution in [2.45, 2.75) is 83.2 Å². The summed E-state index contributed by atoms with van der Waals surface area (Å²) in [6.45, 7) is 4.54. The van der Waals surface area contributed by atoms with Crippen LogP contribution in [0.4, 0.5) is 0 Å². The van der Waals surface area contributed by atoms with Crippen LogP contribution in [0.5, 0.6) is 0 Å². The molecule has 0 aromatic rings. The highest BCUT2D eigenvalue weighted by Gasteiger charge is 2.65.